The average Bonchev–Trinajstić information content (AvgIpc) is 2.39. The van der Waals surface area contributed by atoms with Crippen LogP contribution in [0.25, 0.3) is 6.08 Å². The molecule has 0 aliphatic carbocycles. The normalized spacial score (nSPS) is 14.1. The molecule has 0 aromatic heterocycles. The lowest BCUT2D eigenvalue weighted by Gasteiger charge is -2.19. The number of halogens is 1. The van der Waals surface area contributed by atoms with E-state index in [-0.39, 0.29) is 0 Å². The third-order valence-corrected chi connectivity index (χ3v) is 3.21. The number of hydrogen-bond acceptors (Lipinski definition) is 3. The highest BCUT2D eigenvalue weighted by Gasteiger charge is 2.15. The fraction of sp³-hybridized carbons (Fsp3) is 0.429. The maximum atomic E-state index is 5.59. The van der Waals surface area contributed by atoms with Crippen molar-refractivity contribution in [3.05, 3.63) is 28.2 Å². The summed E-state index contributed by atoms with van der Waals surface area (Å²) in [7, 11) is 0. The Labute approximate surface area is 116 Å². The van der Waals surface area contributed by atoms with Crippen molar-refractivity contribution in [2.75, 3.05) is 26.3 Å². The van der Waals surface area contributed by atoms with Crippen LogP contribution in [0.4, 0.5) is 0 Å². The molecule has 0 amide bonds. The molecule has 2 rings (SSSR count). The van der Waals surface area contributed by atoms with E-state index in [4.69, 9.17) is 9.47 Å². The van der Waals surface area contributed by atoms with E-state index < -0.39 is 0 Å². The second-order valence-corrected chi connectivity index (χ2v) is 4.99. The maximum absolute atomic E-state index is 5.59. The molecule has 0 unspecified atom stereocenters. The molecule has 3 nitrogen and oxygen atoms in total. The topological polar surface area (TPSA) is 30.5 Å². The molecule has 1 aromatic carbocycles. The zero-order valence-corrected chi connectivity index (χ0v) is 12.1. The van der Waals surface area contributed by atoms with Gasteiger partial charge in [0.15, 0.2) is 11.5 Å². The van der Waals surface area contributed by atoms with E-state index in [1.807, 2.05) is 12.1 Å². The van der Waals surface area contributed by atoms with E-state index in [1.165, 1.54) is 0 Å². The molecule has 1 heterocycles. The second kappa shape index (κ2) is 6.81. The number of nitrogens with one attached hydrogen (secondary N) is 1. The van der Waals surface area contributed by atoms with Gasteiger partial charge in [0, 0.05) is 6.54 Å². The fourth-order valence-corrected chi connectivity index (χ4v) is 2.36. The number of rotatable bonds is 5. The third kappa shape index (κ3) is 3.50. The quantitative estimate of drug-likeness (QED) is 0.847. The average molecular weight is 312 g/mol. The first-order valence-electron chi connectivity index (χ1n) is 6.27. The van der Waals surface area contributed by atoms with Crippen LogP contribution in [-0.4, -0.2) is 26.3 Å². The first-order chi connectivity index (χ1) is 8.81. The Balaban J connectivity index is 2.03. The van der Waals surface area contributed by atoms with Gasteiger partial charge < -0.3 is 14.8 Å². The number of hydrogen-bond donors (Lipinski definition) is 1. The van der Waals surface area contributed by atoms with Gasteiger partial charge in [0.05, 0.1) is 4.47 Å². The largest absolute Gasteiger partial charge is 0.486 e. The van der Waals surface area contributed by atoms with Crippen molar-refractivity contribution in [3.63, 3.8) is 0 Å². The van der Waals surface area contributed by atoms with E-state index >= 15 is 0 Å². The van der Waals surface area contributed by atoms with Gasteiger partial charge in [0.2, 0.25) is 0 Å². The molecule has 0 spiro atoms. The summed E-state index contributed by atoms with van der Waals surface area (Å²) in [6.07, 6.45) is 5.36. The predicted molar refractivity (Wildman–Crippen MR) is 77.3 cm³/mol. The first-order valence-corrected chi connectivity index (χ1v) is 7.07. The molecule has 0 saturated heterocycles. The summed E-state index contributed by atoms with van der Waals surface area (Å²) in [4.78, 5) is 0. The Morgan fingerprint density at radius 3 is 3.00 bits per heavy atom. The predicted octanol–water partition coefficient (Wildman–Crippen LogP) is 3.23. The van der Waals surface area contributed by atoms with Gasteiger partial charge in [-0.05, 0) is 46.6 Å². The van der Waals surface area contributed by atoms with E-state index in [2.05, 4.69) is 40.3 Å². The molecule has 1 aromatic rings. The van der Waals surface area contributed by atoms with Gasteiger partial charge in [-0.2, -0.15) is 0 Å². The Kier molecular flexibility index (Phi) is 5.08. The lowest BCUT2D eigenvalue weighted by molar-refractivity contribution is 0.170. The van der Waals surface area contributed by atoms with Crippen LogP contribution in [0.15, 0.2) is 22.7 Å². The summed E-state index contributed by atoms with van der Waals surface area (Å²) in [5, 5.41) is 3.33. The zero-order chi connectivity index (χ0) is 12.8. The molecule has 0 bridgehead atoms. The van der Waals surface area contributed by atoms with Crippen LogP contribution in [0.3, 0.4) is 0 Å². The monoisotopic (exact) mass is 311 g/mol. The van der Waals surface area contributed by atoms with Gasteiger partial charge in [-0.15, -0.1) is 0 Å². The minimum atomic E-state index is 0.613. The molecule has 0 radical (unpaired) electrons. The summed E-state index contributed by atoms with van der Waals surface area (Å²) >= 11 is 3.51. The number of fused-ring (bicyclic) bond motifs is 1. The standard InChI is InChI=1S/C14H18BrNO2/c1-2-5-16-6-3-4-11-9-12(15)14-13(10-11)17-7-8-18-14/h3-4,9-10,16H,2,5-8H2,1H3. The SMILES string of the molecule is CCCNCC=Cc1cc(Br)c2c(c1)OCCO2. The van der Waals surface area contributed by atoms with Gasteiger partial charge in [-0.3, -0.25) is 0 Å². The van der Waals surface area contributed by atoms with Gasteiger partial charge in [0.25, 0.3) is 0 Å². The Morgan fingerprint density at radius 1 is 1.33 bits per heavy atom. The second-order valence-electron chi connectivity index (χ2n) is 4.13. The minimum absolute atomic E-state index is 0.613. The first kappa shape index (κ1) is 13.4. The zero-order valence-electron chi connectivity index (χ0n) is 10.5. The van der Waals surface area contributed by atoms with Gasteiger partial charge in [-0.25, -0.2) is 0 Å². The molecule has 0 atom stereocenters. The molecule has 4 heteroatoms. The molecule has 1 aliphatic rings. The van der Waals surface area contributed by atoms with E-state index in [0.717, 1.165) is 41.0 Å². The van der Waals surface area contributed by atoms with Crippen LogP contribution >= 0.6 is 15.9 Å². The molecule has 1 N–H and O–H groups in total. The summed E-state index contributed by atoms with van der Waals surface area (Å²) < 4.78 is 12.1. The van der Waals surface area contributed by atoms with Crippen LogP contribution in [0.5, 0.6) is 11.5 Å². The van der Waals surface area contributed by atoms with Crippen molar-refractivity contribution in [1.29, 1.82) is 0 Å². The molecule has 98 valence electrons. The summed E-state index contributed by atoms with van der Waals surface area (Å²) in [6.45, 7) is 5.33. The summed E-state index contributed by atoms with van der Waals surface area (Å²) in [5.74, 6) is 1.62. The van der Waals surface area contributed by atoms with Crippen LogP contribution in [0.2, 0.25) is 0 Å². The molecule has 18 heavy (non-hydrogen) atoms. The summed E-state index contributed by atoms with van der Waals surface area (Å²) in [5.41, 5.74) is 1.12. The van der Waals surface area contributed by atoms with E-state index in [9.17, 15) is 0 Å². The molecule has 0 fully saturated rings. The number of benzene rings is 1. The van der Waals surface area contributed by atoms with Crippen LogP contribution in [0, 0.1) is 0 Å². The van der Waals surface area contributed by atoms with Crippen molar-refractivity contribution in [2.45, 2.75) is 13.3 Å². The smallest absolute Gasteiger partial charge is 0.175 e. The van der Waals surface area contributed by atoms with Crippen LogP contribution in [0.1, 0.15) is 18.9 Å². The Bertz CT molecular complexity index is 432. The van der Waals surface area contributed by atoms with Gasteiger partial charge >= 0.3 is 0 Å². The van der Waals surface area contributed by atoms with E-state index in [1.54, 1.807) is 0 Å². The maximum Gasteiger partial charge on any atom is 0.175 e. The lowest BCUT2D eigenvalue weighted by atomic mass is 10.2. The Hall–Kier alpha value is -1.00. The van der Waals surface area contributed by atoms with Gasteiger partial charge in [-0.1, -0.05) is 19.1 Å². The van der Waals surface area contributed by atoms with Crippen LogP contribution < -0.4 is 14.8 Å². The highest BCUT2D eigenvalue weighted by Crippen LogP contribution is 2.38. The number of ether oxygens (including phenoxy) is 2. The molecule has 1 aliphatic heterocycles. The third-order valence-electron chi connectivity index (χ3n) is 2.62. The van der Waals surface area contributed by atoms with Crippen molar-refractivity contribution >= 4 is 22.0 Å². The summed E-state index contributed by atoms with van der Waals surface area (Å²) in [6, 6.07) is 4.05. The van der Waals surface area contributed by atoms with Crippen molar-refractivity contribution in [2.24, 2.45) is 0 Å². The lowest BCUT2D eigenvalue weighted by Crippen LogP contribution is -2.15. The van der Waals surface area contributed by atoms with E-state index in [0.29, 0.717) is 13.2 Å². The Morgan fingerprint density at radius 2 is 2.17 bits per heavy atom. The molecular weight excluding hydrogens is 294 g/mol. The molecular formula is C14H18BrNO2. The van der Waals surface area contributed by atoms with Crippen molar-refractivity contribution < 1.29 is 9.47 Å². The highest BCUT2D eigenvalue weighted by atomic mass is 79.9. The van der Waals surface area contributed by atoms with Crippen LogP contribution in [-0.2, 0) is 0 Å². The highest BCUT2D eigenvalue weighted by molar-refractivity contribution is 9.10. The van der Waals surface area contributed by atoms with Gasteiger partial charge in [0.1, 0.15) is 13.2 Å². The van der Waals surface area contributed by atoms with Crippen molar-refractivity contribution in [1.82, 2.24) is 5.32 Å². The fourth-order valence-electron chi connectivity index (χ4n) is 1.78. The van der Waals surface area contributed by atoms with Crippen molar-refractivity contribution in [3.8, 4) is 11.5 Å². The molecule has 0 saturated carbocycles. The minimum Gasteiger partial charge on any atom is -0.486 e.